The van der Waals surface area contributed by atoms with Crippen molar-refractivity contribution < 1.29 is 4.79 Å². The number of nitrogens with zero attached hydrogens (tertiary/aromatic N) is 4. The maximum atomic E-state index is 11.0. The highest BCUT2D eigenvalue weighted by Gasteiger charge is 2.16. The van der Waals surface area contributed by atoms with E-state index in [4.69, 9.17) is 0 Å². The Hall–Kier alpha value is -2.17. The fraction of sp³-hybridized carbons (Fsp3) is 0.357. The Balaban J connectivity index is 2.47. The van der Waals surface area contributed by atoms with Gasteiger partial charge in [-0.05, 0) is 30.2 Å². The first-order chi connectivity index (χ1) is 9.04. The van der Waals surface area contributed by atoms with Crippen molar-refractivity contribution in [2.75, 3.05) is 19.0 Å². The summed E-state index contributed by atoms with van der Waals surface area (Å²) in [4.78, 5) is 13.0. The van der Waals surface area contributed by atoms with E-state index in [2.05, 4.69) is 10.3 Å². The normalized spacial score (nSPS) is 10.8. The smallest absolute Gasteiger partial charge is 0.172 e. The zero-order valence-corrected chi connectivity index (χ0v) is 11.7. The molecule has 1 heterocycles. The molecule has 1 aromatic heterocycles. The molecule has 0 saturated carbocycles. The van der Waals surface area contributed by atoms with Crippen molar-refractivity contribution in [3.05, 3.63) is 35.7 Å². The molecule has 0 aliphatic heterocycles. The number of aromatic nitrogens is 3. The van der Waals surface area contributed by atoms with Gasteiger partial charge < -0.3 is 4.90 Å². The Kier molecular flexibility index (Phi) is 3.64. The molecular formula is C14H18N4O. The monoisotopic (exact) mass is 258 g/mol. The molecule has 0 bridgehead atoms. The van der Waals surface area contributed by atoms with E-state index in [0.717, 1.165) is 23.4 Å². The molecule has 19 heavy (non-hydrogen) atoms. The van der Waals surface area contributed by atoms with E-state index in [0.29, 0.717) is 5.69 Å². The molecule has 0 radical (unpaired) electrons. The maximum absolute atomic E-state index is 11.0. The molecule has 0 amide bonds. The van der Waals surface area contributed by atoms with Crippen LogP contribution in [-0.4, -0.2) is 35.4 Å². The predicted octanol–water partition coefficient (Wildman–Crippen LogP) is 2.27. The second-order valence-electron chi connectivity index (χ2n) is 4.96. The van der Waals surface area contributed by atoms with E-state index >= 15 is 0 Å². The lowest BCUT2D eigenvalue weighted by molar-refractivity contribution is 0.111. The number of carbonyl (C=O) groups is 1. The molecule has 0 spiro atoms. The lowest BCUT2D eigenvalue weighted by atomic mass is 10.1. The molecule has 0 fully saturated rings. The Morgan fingerprint density at radius 1 is 1.21 bits per heavy atom. The van der Waals surface area contributed by atoms with Gasteiger partial charge in [0.2, 0.25) is 0 Å². The van der Waals surface area contributed by atoms with E-state index in [-0.39, 0.29) is 5.92 Å². The average molecular weight is 258 g/mol. The third-order valence-corrected chi connectivity index (χ3v) is 3.00. The molecule has 100 valence electrons. The van der Waals surface area contributed by atoms with Gasteiger partial charge in [0, 0.05) is 19.8 Å². The molecule has 5 heteroatoms. The quantitative estimate of drug-likeness (QED) is 0.789. The number of rotatable bonds is 4. The van der Waals surface area contributed by atoms with Gasteiger partial charge >= 0.3 is 0 Å². The zero-order chi connectivity index (χ0) is 14.0. The second-order valence-corrected chi connectivity index (χ2v) is 4.96. The van der Waals surface area contributed by atoms with Crippen LogP contribution in [0.4, 0.5) is 5.69 Å². The van der Waals surface area contributed by atoms with E-state index < -0.39 is 0 Å². The zero-order valence-electron chi connectivity index (χ0n) is 11.7. The van der Waals surface area contributed by atoms with Crippen LogP contribution < -0.4 is 4.90 Å². The number of anilines is 1. The van der Waals surface area contributed by atoms with Gasteiger partial charge in [-0.1, -0.05) is 19.1 Å². The summed E-state index contributed by atoms with van der Waals surface area (Å²) in [6.07, 6.45) is 0.757. The molecule has 2 aromatic rings. The van der Waals surface area contributed by atoms with Crippen LogP contribution in [0.1, 0.15) is 35.9 Å². The average Bonchev–Trinajstić information content (AvgIpc) is 2.82. The number of hydrogen-bond acceptors (Lipinski definition) is 4. The summed E-state index contributed by atoms with van der Waals surface area (Å²) in [6, 6.07) is 7.98. The maximum Gasteiger partial charge on any atom is 0.172 e. The first-order valence-electron chi connectivity index (χ1n) is 6.23. The van der Waals surface area contributed by atoms with Gasteiger partial charge in [-0.3, -0.25) is 4.79 Å². The highest BCUT2D eigenvalue weighted by atomic mass is 16.1. The van der Waals surface area contributed by atoms with Crippen molar-refractivity contribution in [1.82, 2.24) is 15.0 Å². The number of aldehydes is 1. The second kappa shape index (κ2) is 5.22. The summed E-state index contributed by atoms with van der Waals surface area (Å²) in [7, 11) is 3.99. The van der Waals surface area contributed by atoms with Crippen LogP contribution >= 0.6 is 0 Å². The Morgan fingerprint density at radius 2 is 1.84 bits per heavy atom. The Labute approximate surface area is 112 Å². The van der Waals surface area contributed by atoms with Crippen LogP contribution in [0, 0.1) is 0 Å². The molecule has 1 aromatic carbocycles. The SMILES string of the molecule is CC(C)c1c(C=O)nnn1-c1ccc(N(C)C)cc1. The Morgan fingerprint density at radius 3 is 2.32 bits per heavy atom. The first kappa shape index (κ1) is 13.3. The van der Waals surface area contributed by atoms with E-state index in [1.165, 1.54) is 0 Å². The highest BCUT2D eigenvalue weighted by Crippen LogP contribution is 2.22. The minimum atomic E-state index is 0.184. The van der Waals surface area contributed by atoms with Crippen LogP contribution in [0.2, 0.25) is 0 Å². The summed E-state index contributed by atoms with van der Waals surface area (Å²) in [5, 5.41) is 8.00. The van der Waals surface area contributed by atoms with Gasteiger partial charge in [0.05, 0.1) is 11.4 Å². The van der Waals surface area contributed by atoms with Crippen LogP contribution in [0.3, 0.4) is 0 Å². The van der Waals surface area contributed by atoms with Crippen molar-refractivity contribution in [2.24, 2.45) is 0 Å². The summed E-state index contributed by atoms with van der Waals surface area (Å²) in [5.41, 5.74) is 3.28. The number of benzene rings is 1. The lowest BCUT2D eigenvalue weighted by Gasteiger charge is -2.14. The van der Waals surface area contributed by atoms with Gasteiger partial charge in [0.15, 0.2) is 6.29 Å². The summed E-state index contributed by atoms with van der Waals surface area (Å²) < 4.78 is 1.73. The number of carbonyl (C=O) groups excluding carboxylic acids is 1. The summed E-state index contributed by atoms with van der Waals surface area (Å²) in [5.74, 6) is 0.184. The molecule has 0 saturated heterocycles. The molecular weight excluding hydrogens is 240 g/mol. The molecule has 0 unspecified atom stereocenters. The van der Waals surface area contributed by atoms with Crippen molar-refractivity contribution >= 4 is 12.0 Å². The minimum Gasteiger partial charge on any atom is -0.378 e. The topological polar surface area (TPSA) is 51.0 Å². The first-order valence-corrected chi connectivity index (χ1v) is 6.23. The third-order valence-electron chi connectivity index (χ3n) is 3.00. The standard InChI is InChI=1S/C14H18N4O/c1-10(2)14-13(9-19)15-16-18(14)12-7-5-11(6-8-12)17(3)4/h5-10H,1-4H3. The fourth-order valence-corrected chi connectivity index (χ4v) is 2.01. The molecule has 0 N–H and O–H groups in total. The van der Waals surface area contributed by atoms with Crippen molar-refractivity contribution in [3.63, 3.8) is 0 Å². The predicted molar refractivity (Wildman–Crippen MR) is 75.2 cm³/mol. The van der Waals surface area contributed by atoms with Crippen LogP contribution in [0.5, 0.6) is 0 Å². The summed E-state index contributed by atoms with van der Waals surface area (Å²) in [6.45, 7) is 4.05. The van der Waals surface area contributed by atoms with Crippen LogP contribution in [0.25, 0.3) is 5.69 Å². The molecule has 0 aliphatic carbocycles. The van der Waals surface area contributed by atoms with Gasteiger partial charge in [-0.25, -0.2) is 4.68 Å². The summed E-state index contributed by atoms with van der Waals surface area (Å²) >= 11 is 0. The Bertz CT molecular complexity index is 570. The van der Waals surface area contributed by atoms with Crippen LogP contribution in [0.15, 0.2) is 24.3 Å². The van der Waals surface area contributed by atoms with E-state index in [9.17, 15) is 4.79 Å². The van der Waals surface area contributed by atoms with Gasteiger partial charge in [-0.2, -0.15) is 0 Å². The molecule has 5 nitrogen and oxygen atoms in total. The highest BCUT2D eigenvalue weighted by molar-refractivity contribution is 5.74. The van der Waals surface area contributed by atoms with E-state index in [1.54, 1.807) is 4.68 Å². The van der Waals surface area contributed by atoms with E-state index in [1.807, 2.05) is 57.1 Å². The van der Waals surface area contributed by atoms with Gasteiger partial charge in [0.25, 0.3) is 0 Å². The minimum absolute atomic E-state index is 0.184. The van der Waals surface area contributed by atoms with Crippen molar-refractivity contribution in [2.45, 2.75) is 19.8 Å². The fourth-order valence-electron chi connectivity index (χ4n) is 2.01. The molecule has 2 rings (SSSR count). The molecule has 0 atom stereocenters. The van der Waals surface area contributed by atoms with Crippen molar-refractivity contribution in [3.8, 4) is 5.69 Å². The van der Waals surface area contributed by atoms with Gasteiger partial charge in [0.1, 0.15) is 5.69 Å². The van der Waals surface area contributed by atoms with Crippen molar-refractivity contribution in [1.29, 1.82) is 0 Å². The number of hydrogen-bond donors (Lipinski definition) is 0. The van der Waals surface area contributed by atoms with Crippen LogP contribution in [-0.2, 0) is 0 Å². The lowest BCUT2D eigenvalue weighted by Crippen LogP contribution is -2.09. The third kappa shape index (κ3) is 2.50. The largest absolute Gasteiger partial charge is 0.378 e. The molecule has 0 aliphatic rings. The van der Waals surface area contributed by atoms with Gasteiger partial charge in [-0.15, -0.1) is 5.10 Å².